The van der Waals surface area contributed by atoms with Gasteiger partial charge in [-0.15, -0.1) is 0 Å². The minimum Gasteiger partial charge on any atom is -0.467 e. The number of hydrogen-bond donors (Lipinski definition) is 0. The van der Waals surface area contributed by atoms with Crippen LogP contribution in [0.4, 0.5) is 0 Å². The Bertz CT molecular complexity index is 1040. The van der Waals surface area contributed by atoms with E-state index in [1.807, 2.05) is 18.2 Å². The summed E-state index contributed by atoms with van der Waals surface area (Å²) in [6.45, 7) is -0.152. The average Bonchev–Trinajstić information content (AvgIpc) is 3.33. The van der Waals surface area contributed by atoms with Crippen LogP contribution in [0.3, 0.4) is 0 Å². The molecule has 2 aromatic heterocycles. The first-order valence-electron chi connectivity index (χ1n) is 8.31. The van der Waals surface area contributed by atoms with Gasteiger partial charge < -0.3 is 4.42 Å². The van der Waals surface area contributed by atoms with Crippen molar-refractivity contribution in [2.45, 2.75) is 19.0 Å². The first-order chi connectivity index (χ1) is 13.1. The SMILES string of the molecule is O=C(Cn1cnccc1=O)N1N=C(c2ccc(Cl)cc2)CC1c1ccco1. The molecule has 0 N–H and O–H groups in total. The van der Waals surface area contributed by atoms with Crippen LogP contribution in [0, 0.1) is 0 Å². The second kappa shape index (κ2) is 7.20. The van der Waals surface area contributed by atoms with E-state index in [2.05, 4.69) is 10.1 Å². The molecule has 0 saturated heterocycles. The molecule has 1 amide bonds. The number of carbonyl (C=O) groups is 1. The van der Waals surface area contributed by atoms with Crippen LogP contribution in [0.1, 0.15) is 23.8 Å². The fourth-order valence-electron chi connectivity index (χ4n) is 2.97. The number of amides is 1. The van der Waals surface area contributed by atoms with Crippen LogP contribution in [-0.2, 0) is 11.3 Å². The van der Waals surface area contributed by atoms with Crippen molar-refractivity contribution in [3.63, 3.8) is 0 Å². The molecule has 1 aromatic carbocycles. The summed E-state index contributed by atoms with van der Waals surface area (Å²) in [5.41, 5.74) is 1.33. The van der Waals surface area contributed by atoms with Gasteiger partial charge in [0.15, 0.2) is 0 Å². The number of hydrogen-bond acceptors (Lipinski definition) is 5. The second-order valence-corrected chi connectivity index (χ2v) is 6.51. The third kappa shape index (κ3) is 3.54. The minimum absolute atomic E-state index is 0.152. The number of benzene rings is 1. The van der Waals surface area contributed by atoms with E-state index in [4.69, 9.17) is 16.0 Å². The Labute approximate surface area is 159 Å². The Morgan fingerprint density at radius 1 is 1.22 bits per heavy atom. The molecule has 0 bridgehead atoms. The zero-order chi connectivity index (χ0) is 18.8. The number of hydrazone groups is 1. The molecular weight excluding hydrogens is 368 g/mol. The van der Waals surface area contributed by atoms with Crippen LogP contribution in [0.25, 0.3) is 0 Å². The normalized spacial score (nSPS) is 16.4. The van der Waals surface area contributed by atoms with E-state index in [-0.39, 0.29) is 24.1 Å². The summed E-state index contributed by atoms with van der Waals surface area (Å²) < 4.78 is 6.75. The van der Waals surface area contributed by atoms with Crippen LogP contribution in [0.5, 0.6) is 0 Å². The Balaban J connectivity index is 1.65. The van der Waals surface area contributed by atoms with Crippen molar-refractivity contribution in [2.75, 3.05) is 0 Å². The molecule has 0 radical (unpaired) electrons. The first kappa shape index (κ1) is 17.2. The van der Waals surface area contributed by atoms with E-state index in [0.29, 0.717) is 17.2 Å². The number of rotatable bonds is 4. The first-order valence-corrected chi connectivity index (χ1v) is 8.69. The highest BCUT2D eigenvalue weighted by Gasteiger charge is 2.34. The van der Waals surface area contributed by atoms with Gasteiger partial charge in [0.2, 0.25) is 0 Å². The van der Waals surface area contributed by atoms with E-state index in [1.54, 1.807) is 24.5 Å². The highest BCUT2D eigenvalue weighted by molar-refractivity contribution is 6.30. The van der Waals surface area contributed by atoms with Crippen LogP contribution >= 0.6 is 11.6 Å². The van der Waals surface area contributed by atoms with Crippen LogP contribution in [0.2, 0.25) is 5.02 Å². The predicted molar refractivity (Wildman–Crippen MR) is 99.4 cm³/mol. The third-order valence-electron chi connectivity index (χ3n) is 4.31. The van der Waals surface area contributed by atoms with Gasteiger partial charge >= 0.3 is 0 Å². The molecule has 8 heteroatoms. The van der Waals surface area contributed by atoms with Crippen LogP contribution in [0.15, 0.2) is 75.6 Å². The predicted octanol–water partition coefficient (Wildman–Crippen LogP) is 2.87. The van der Waals surface area contributed by atoms with Crippen molar-refractivity contribution < 1.29 is 9.21 Å². The summed E-state index contributed by atoms with van der Waals surface area (Å²) in [7, 11) is 0. The summed E-state index contributed by atoms with van der Waals surface area (Å²) in [6, 6.07) is 11.8. The lowest BCUT2D eigenvalue weighted by atomic mass is 10.0. The van der Waals surface area contributed by atoms with E-state index < -0.39 is 0 Å². The number of furan rings is 1. The lowest BCUT2D eigenvalue weighted by Gasteiger charge is -2.20. The summed E-state index contributed by atoms with van der Waals surface area (Å²) in [4.78, 5) is 28.6. The highest BCUT2D eigenvalue weighted by Crippen LogP contribution is 2.33. The molecule has 1 aliphatic rings. The molecule has 7 nitrogen and oxygen atoms in total. The van der Waals surface area contributed by atoms with Crippen molar-refractivity contribution in [1.82, 2.24) is 14.6 Å². The van der Waals surface area contributed by atoms with Gasteiger partial charge in [-0.05, 0) is 29.8 Å². The Hall–Kier alpha value is -3.19. The fraction of sp³-hybridized carbons (Fsp3) is 0.158. The Morgan fingerprint density at radius 3 is 2.74 bits per heavy atom. The van der Waals surface area contributed by atoms with Crippen molar-refractivity contribution in [2.24, 2.45) is 5.10 Å². The molecule has 0 aliphatic carbocycles. The van der Waals surface area contributed by atoms with Gasteiger partial charge in [0.05, 0.1) is 18.3 Å². The van der Waals surface area contributed by atoms with Gasteiger partial charge in [0.25, 0.3) is 11.5 Å². The molecule has 4 rings (SSSR count). The lowest BCUT2D eigenvalue weighted by Crippen LogP contribution is -2.33. The number of carbonyl (C=O) groups excluding carboxylic acids is 1. The monoisotopic (exact) mass is 382 g/mol. The standard InChI is InChI=1S/C19H15ClN4O3/c20-14-5-3-13(4-6-14)15-10-16(17-2-1-9-27-17)24(22-15)19(26)11-23-12-21-8-7-18(23)25/h1-9,12,16H,10-11H2. The van der Waals surface area contributed by atoms with Gasteiger partial charge in [-0.1, -0.05) is 23.7 Å². The number of nitrogens with zero attached hydrogens (tertiary/aromatic N) is 4. The van der Waals surface area contributed by atoms with Crippen molar-refractivity contribution in [3.05, 3.63) is 88.0 Å². The highest BCUT2D eigenvalue weighted by atomic mass is 35.5. The molecule has 1 atom stereocenters. The van der Waals surface area contributed by atoms with Gasteiger partial charge in [-0.2, -0.15) is 5.10 Å². The zero-order valence-electron chi connectivity index (χ0n) is 14.2. The summed E-state index contributed by atoms with van der Waals surface area (Å²) in [6.07, 6.45) is 4.79. The molecule has 0 saturated carbocycles. The Kier molecular flexibility index (Phi) is 4.60. The minimum atomic E-state index is -0.370. The van der Waals surface area contributed by atoms with Gasteiger partial charge in [0, 0.05) is 23.7 Å². The molecule has 136 valence electrons. The molecule has 0 fully saturated rings. The fourth-order valence-corrected chi connectivity index (χ4v) is 3.10. The van der Waals surface area contributed by atoms with Gasteiger partial charge in [-0.3, -0.25) is 14.2 Å². The smallest absolute Gasteiger partial charge is 0.263 e. The second-order valence-electron chi connectivity index (χ2n) is 6.07. The molecule has 1 unspecified atom stereocenters. The Morgan fingerprint density at radius 2 is 2.04 bits per heavy atom. The van der Waals surface area contributed by atoms with Crippen LogP contribution in [-0.4, -0.2) is 26.2 Å². The van der Waals surface area contributed by atoms with Crippen molar-refractivity contribution in [1.29, 1.82) is 0 Å². The third-order valence-corrected chi connectivity index (χ3v) is 4.56. The van der Waals surface area contributed by atoms with E-state index in [1.165, 1.54) is 28.2 Å². The van der Waals surface area contributed by atoms with E-state index in [9.17, 15) is 9.59 Å². The lowest BCUT2D eigenvalue weighted by molar-refractivity contribution is -0.134. The van der Waals surface area contributed by atoms with Crippen LogP contribution < -0.4 is 5.56 Å². The van der Waals surface area contributed by atoms with Crippen molar-refractivity contribution in [3.8, 4) is 0 Å². The number of halogens is 1. The summed E-state index contributed by atoms with van der Waals surface area (Å²) in [5, 5.41) is 6.52. The van der Waals surface area contributed by atoms with E-state index in [0.717, 1.165) is 11.3 Å². The van der Waals surface area contributed by atoms with Gasteiger partial charge in [0.1, 0.15) is 18.3 Å². The molecule has 27 heavy (non-hydrogen) atoms. The summed E-state index contributed by atoms with van der Waals surface area (Å²) >= 11 is 5.95. The van der Waals surface area contributed by atoms with Crippen molar-refractivity contribution >= 4 is 23.2 Å². The van der Waals surface area contributed by atoms with Gasteiger partial charge in [-0.25, -0.2) is 9.99 Å². The van der Waals surface area contributed by atoms with E-state index >= 15 is 0 Å². The molecular formula is C19H15ClN4O3. The topological polar surface area (TPSA) is 80.7 Å². The molecule has 0 spiro atoms. The largest absolute Gasteiger partial charge is 0.467 e. The molecule has 1 aliphatic heterocycles. The number of aromatic nitrogens is 2. The average molecular weight is 383 g/mol. The molecule has 3 aromatic rings. The molecule has 3 heterocycles. The summed E-state index contributed by atoms with van der Waals surface area (Å²) in [5.74, 6) is 0.310. The maximum Gasteiger partial charge on any atom is 0.263 e. The quantitative estimate of drug-likeness (QED) is 0.694. The zero-order valence-corrected chi connectivity index (χ0v) is 14.9. The maximum absolute atomic E-state index is 12.9. The maximum atomic E-state index is 12.9.